The van der Waals surface area contributed by atoms with Crippen LogP contribution in [0.25, 0.3) is 44.1 Å². The van der Waals surface area contributed by atoms with Gasteiger partial charge in [0.25, 0.3) is 0 Å². The highest BCUT2D eigenvalue weighted by molar-refractivity contribution is 5.94. The summed E-state index contributed by atoms with van der Waals surface area (Å²) in [6.45, 7) is 17.3. The zero-order valence-corrected chi connectivity index (χ0v) is 65.7. The van der Waals surface area contributed by atoms with E-state index in [0.29, 0.717) is 162 Å². The first kappa shape index (κ1) is 77.2. The summed E-state index contributed by atoms with van der Waals surface area (Å²) in [6.07, 6.45) is 10.7. The van der Waals surface area contributed by atoms with Crippen molar-refractivity contribution < 1.29 is 33.3 Å². The highest BCUT2D eigenvalue weighted by Crippen LogP contribution is 2.35. The third-order valence-corrected chi connectivity index (χ3v) is 21.1. The van der Waals surface area contributed by atoms with Gasteiger partial charge in [0.15, 0.2) is 22.6 Å². The Morgan fingerprint density at radius 1 is 0.422 bits per heavy atom. The molecule has 3 amide bonds. The normalized spacial score (nSPS) is 16.4. The highest BCUT2D eigenvalue weighted by atomic mass is 16.5. The van der Waals surface area contributed by atoms with E-state index in [1.165, 1.54) is 31.4 Å². The number of fused-ring (bicyclic) bond motifs is 4. The van der Waals surface area contributed by atoms with E-state index < -0.39 is 0 Å². The first-order chi connectivity index (χ1) is 56.3. The van der Waals surface area contributed by atoms with Crippen molar-refractivity contribution >= 4 is 85.1 Å². The number of carbonyl (C=O) groups is 3. The van der Waals surface area contributed by atoms with Gasteiger partial charge in [-0.15, -0.1) is 0 Å². The number of methoxy groups -OCH3 is 4. The van der Waals surface area contributed by atoms with Crippen LogP contribution in [0.5, 0.6) is 23.0 Å². The minimum Gasteiger partial charge on any atom is -0.497 e. The molecule has 0 radical (unpaired) electrons. The number of carbonyl (C=O) groups excluding carboxylic acids is 3. The molecule has 4 aliphatic heterocycles. The quantitative estimate of drug-likeness (QED) is 0.0527. The first-order valence-electron chi connectivity index (χ1n) is 38.1. The fourth-order valence-electron chi connectivity index (χ4n) is 15.4. The van der Waals surface area contributed by atoms with Gasteiger partial charge in [0.05, 0.1) is 74.2 Å². The molecule has 12 aromatic rings. The number of nitrogen functional groups attached to an aromatic ring is 3. The van der Waals surface area contributed by atoms with Crippen LogP contribution in [0.4, 0.5) is 23.3 Å². The van der Waals surface area contributed by atoms with E-state index in [4.69, 9.17) is 56.5 Å². The van der Waals surface area contributed by atoms with E-state index in [1.54, 1.807) is 33.3 Å². The van der Waals surface area contributed by atoms with Gasteiger partial charge in [0, 0.05) is 101 Å². The van der Waals surface area contributed by atoms with Crippen LogP contribution in [0.15, 0.2) is 111 Å². The van der Waals surface area contributed by atoms with Gasteiger partial charge >= 0.3 is 0 Å². The second-order valence-electron chi connectivity index (χ2n) is 29.1. The number of likely N-dealkylation sites (tertiary alicyclic amines) is 4. The fourth-order valence-corrected chi connectivity index (χ4v) is 15.4. The van der Waals surface area contributed by atoms with Crippen LogP contribution in [0.2, 0.25) is 0 Å². The van der Waals surface area contributed by atoms with E-state index >= 15 is 0 Å². The lowest BCUT2D eigenvalue weighted by Gasteiger charge is -2.20. The Bertz CT molecular complexity index is 6140. The lowest BCUT2D eigenvalue weighted by Crippen LogP contribution is -2.33. The minimum absolute atomic E-state index is 0.0173. The van der Waals surface area contributed by atoms with E-state index in [2.05, 4.69) is 104 Å². The van der Waals surface area contributed by atoms with Crippen LogP contribution in [-0.2, 0) is 14.4 Å². The lowest BCUT2D eigenvalue weighted by atomic mass is 10.1. The van der Waals surface area contributed by atoms with Crippen molar-refractivity contribution in [2.75, 3.05) is 116 Å². The van der Waals surface area contributed by atoms with Crippen LogP contribution in [0.3, 0.4) is 0 Å². The molecular weight excluding hydrogens is 1470 g/mol. The molecule has 0 spiro atoms. The van der Waals surface area contributed by atoms with Crippen molar-refractivity contribution in [3.8, 4) is 70.4 Å². The van der Waals surface area contributed by atoms with Crippen molar-refractivity contribution in [2.24, 2.45) is 0 Å². The van der Waals surface area contributed by atoms with E-state index in [9.17, 15) is 14.4 Å². The molecule has 0 bridgehead atoms. The third-order valence-electron chi connectivity index (χ3n) is 21.1. The SMILES string of the molecule is C=CC(=O)N1CCC(n2nc(C#Cc3cc(C)cc(OC)c3)c3c(NCCC(=O)N4CC[C@H](n5nc(C#Cc6cc(C)cc(OC)c6)c6c(N)ncnc65)C4)ncnc32)C1.COc1cc(C)cc(C#Cc2nn([C@H]3CCN(CCC(=O)N4CC[C@H](n5nc(C#Cc6cc(C)cc(OC)c6)c6c(N)ncnc65)C4)C3)c3ncnc(N)c23)c1. The summed E-state index contributed by atoms with van der Waals surface area (Å²) in [4.78, 5) is 83.0. The number of nitrogens with two attached hydrogens (primary N) is 3. The van der Waals surface area contributed by atoms with Crippen molar-refractivity contribution in [2.45, 2.75) is 90.4 Å². The number of nitrogens with zero attached hydrogens (tertiary/aromatic N) is 20. The molecule has 4 aromatic carbocycles. The molecule has 31 nitrogen and oxygen atoms in total. The minimum atomic E-state index is -0.136. The first-order valence-corrected chi connectivity index (χ1v) is 38.1. The topological polar surface area (TPSA) is 366 Å². The van der Waals surface area contributed by atoms with Crippen LogP contribution < -0.4 is 41.5 Å². The zero-order chi connectivity index (χ0) is 80.8. The number of aryl methyl sites for hydroxylation is 4. The molecule has 16 rings (SSSR count). The maximum absolute atomic E-state index is 13.7. The van der Waals surface area contributed by atoms with Gasteiger partial charge in [0.2, 0.25) is 17.7 Å². The molecule has 12 heterocycles. The molecule has 0 aliphatic carbocycles. The molecule has 7 N–H and O–H groups in total. The van der Waals surface area contributed by atoms with Gasteiger partial charge in [-0.2, -0.15) is 20.4 Å². The van der Waals surface area contributed by atoms with Crippen LogP contribution in [-0.4, -0.2) is 210 Å². The van der Waals surface area contributed by atoms with Gasteiger partial charge in [-0.05, 0) is 178 Å². The largest absolute Gasteiger partial charge is 0.497 e. The molecule has 4 atom stereocenters. The summed E-state index contributed by atoms with van der Waals surface area (Å²) < 4.78 is 29.1. The van der Waals surface area contributed by atoms with E-state index in [1.807, 2.05) is 129 Å². The number of anilines is 4. The molecular formula is C85H86N24O7. The zero-order valence-electron chi connectivity index (χ0n) is 65.7. The van der Waals surface area contributed by atoms with Crippen molar-refractivity contribution in [1.82, 2.24) is 98.6 Å². The Hall–Kier alpha value is -14.2. The van der Waals surface area contributed by atoms with E-state index in [-0.39, 0.29) is 54.1 Å². The Morgan fingerprint density at radius 3 is 1.13 bits per heavy atom. The van der Waals surface area contributed by atoms with Crippen LogP contribution >= 0.6 is 0 Å². The molecule has 31 heteroatoms. The van der Waals surface area contributed by atoms with Crippen LogP contribution in [0, 0.1) is 75.1 Å². The number of ether oxygens (including phenoxy) is 4. The monoisotopic (exact) mass is 1550 g/mol. The lowest BCUT2D eigenvalue weighted by molar-refractivity contribution is -0.131. The number of hydrogen-bond acceptors (Lipinski definition) is 24. The maximum Gasteiger partial charge on any atom is 0.246 e. The second-order valence-corrected chi connectivity index (χ2v) is 29.1. The summed E-state index contributed by atoms with van der Waals surface area (Å²) in [5, 5.41) is 25.4. The number of aromatic nitrogens is 16. The van der Waals surface area contributed by atoms with Gasteiger partial charge in [-0.25, -0.2) is 58.6 Å². The molecule has 4 fully saturated rings. The van der Waals surface area contributed by atoms with Gasteiger partial charge < -0.3 is 61.1 Å². The number of amides is 3. The van der Waals surface area contributed by atoms with Crippen molar-refractivity contribution in [3.05, 3.63) is 178 Å². The fraction of sp³-hybridized carbons (Fsp3) is 0.329. The van der Waals surface area contributed by atoms with Gasteiger partial charge in [-0.1, -0.05) is 30.3 Å². The molecule has 1 unspecified atom stereocenters. The number of benzene rings is 4. The number of hydrogen-bond donors (Lipinski definition) is 4. The molecule has 0 saturated carbocycles. The third kappa shape index (κ3) is 16.5. The predicted octanol–water partition coefficient (Wildman–Crippen LogP) is 7.89. The summed E-state index contributed by atoms with van der Waals surface area (Å²) >= 11 is 0. The average molecular weight is 1560 g/mol. The smallest absolute Gasteiger partial charge is 0.246 e. The molecule has 4 aliphatic rings. The average Bonchev–Trinajstić information content (AvgIpc) is 1.63. The summed E-state index contributed by atoms with van der Waals surface area (Å²) in [5.41, 5.74) is 30.7. The Labute approximate surface area is 669 Å². The number of nitrogens with one attached hydrogen (secondary N) is 1. The molecule has 8 aromatic heterocycles. The van der Waals surface area contributed by atoms with Gasteiger partial charge in [0.1, 0.15) is 94.4 Å². The Kier molecular flexibility index (Phi) is 22.4. The molecule has 588 valence electrons. The highest BCUT2D eigenvalue weighted by Gasteiger charge is 2.35. The number of rotatable bonds is 16. The Morgan fingerprint density at radius 2 is 0.750 bits per heavy atom. The molecule has 4 saturated heterocycles. The summed E-state index contributed by atoms with van der Waals surface area (Å²) in [5.74, 6) is 30.0. The Balaban J connectivity index is 0.000000183. The van der Waals surface area contributed by atoms with Gasteiger partial charge in [-0.3, -0.25) is 14.4 Å². The second kappa shape index (κ2) is 33.6. The molecule has 116 heavy (non-hydrogen) atoms. The summed E-state index contributed by atoms with van der Waals surface area (Å²) in [6, 6.07) is 22.9. The van der Waals surface area contributed by atoms with Crippen LogP contribution in [0.1, 0.15) is 130 Å². The predicted molar refractivity (Wildman–Crippen MR) is 438 cm³/mol. The summed E-state index contributed by atoms with van der Waals surface area (Å²) in [7, 11) is 6.51. The maximum atomic E-state index is 13.7. The standard InChI is InChI=1S/C44H44N12O4.C41H42N12O3/c1-6-37(57)53-15-12-31(23-53)56-44-40(36(52-56)10-8-30-18-28(3)20-34(22-30)60-5)42(48-26-50-44)46-14-11-38(58)54-16-13-32(24-54)55-43-39(41(45)47-25-49-43)35(51-55)9-7-29-17-27(2)19-33(21-29)59-4;1-25-15-27(19-31(17-25)55-3)5-7-33-36-38(42)44-23-46-40(36)52(48-33)29-9-12-50(21-29)13-11-35(54)51-14-10-30(22-51)53-41-37(39(43)45-24-47-41)34(49-53)8-6-28-16-26(2)18-32(20-28)56-4/h6,17-22,25-26,31-32H,1,11-16,23-24H2,2-5H3,(H2,45,47,49)(H,46,48,50);15-20,23-24,29-30H,9-14,21-22H2,1-4H3,(H2,42,44,46)(H2,43,45,47)/t31?,32-;29-,30-/m00/s1. The van der Waals surface area contributed by atoms with Crippen molar-refractivity contribution in [3.63, 3.8) is 0 Å². The van der Waals surface area contributed by atoms with Crippen molar-refractivity contribution in [1.29, 1.82) is 0 Å². The van der Waals surface area contributed by atoms with E-state index in [0.717, 1.165) is 87.7 Å².